The van der Waals surface area contributed by atoms with Crippen LogP contribution in [0.5, 0.6) is 0 Å². The van der Waals surface area contributed by atoms with E-state index in [9.17, 15) is 0 Å². The van der Waals surface area contributed by atoms with Gasteiger partial charge >= 0.3 is 0 Å². The van der Waals surface area contributed by atoms with Crippen LogP contribution in [0, 0.1) is 0 Å². The first-order valence-corrected chi connectivity index (χ1v) is 8.38. The lowest BCUT2D eigenvalue weighted by Crippen LogP contribution is -2.46. The molecule has 3 nitrogen and oxygen atoms in total. The van der Waals surface area contributed by atoms with Gasteiger partial charge in [-0.1, -0.05) is 32.0 Å². The zero-order chi connectivity index (χ0) is 15.2. The number of hydrogen-bond donors (Lipinski definition) is 1. The van der Waals surface area contributed by atoms with Gasteiger partial charge in [-0.2, -0.15) is 0 Å². The van der Waals surface area contributed by atoms with Crippen molar-refractivity contribution in [2.75, 3.05) is 24.5 Å². The molecule has 3 atom stereocenters. The first-order chi connectivity index (χ1) is 10.2. The summed E-state index contributed by atoms with van der Waals surface area (Å²) in [4.78, 5) is 2.49. The highest BCUT2D eigenvalue weighted by Gasteiger charge is 2.25. The monoisotopic (exact) mass is 290 g/mol. The maximum Gasteiger partial charge on any atom is 0.0726 e. The second kappa shape index (κ2) is 7.81. The van der Waals surface area contributed by atoms with Gasteiger partial charge in [-0.25, -0.2) is 0 Å². The third kappa shape index (κ3) is 4.21. The third-order valence-electron chi connectivity index (χ3n) is 4.12. The number of anilines is 1. The fourth-order valence-electron chi connectivity index (χ4n) is 3.24. The molecular weight excluding hydrogens is 260 g/mol. The number of benzene rings is 1. The smallest absolute Gasteiger partial charge is 0.0726 e. The SMILES string of the molecule is CCCNC(CC)c1ccccc1N1CC(C)OC(C)C1. The minimum Gasteiger partial charge on any atom is -0.372 e. The summed E-state index contributed by atoms with van der Waals surface area (Å²) in [7, 11) is 0. The Kier molecular flexibility index (Phi) is 6.07. The van der Waals surface area contributed by atoms with Gasteiger partial charge < -0.3 is 15.0 Å². The fraction of sp³-hybridized carbons (Fsp3) is 0.667. The van der Waals surface area contributed by atoms with Crippen molar-refractivity contribution in [1.82, 2.24) is 5.32 Å². The van der Waals surface area contributed by atoms with Gasteiger partial charge in [0.1, 0.15) is 0 Å². The van der Waals surface area contributed by atoms with Crippen molar-refractivity contribution in [3.8, 4) is 0 Å². The number of morpholine rings is 1. The Morgan fingerprint density at radius 2 is 1.86 bits per heavy atom. The Labute approximate surface area is 129 Å². The van der Waals surface area contributed by atoms with Crippen LogP contribution < -0.4 is 10.2 Å². The highest BCUT2D eigenvalue weighted by Crippen LogP contribution is 2.30. The van der Waals surface area contributed by atoms with Gasteiger partial charge in [0, 0.05) is 24.8 Å². The van der Waals surface area contributed by atoms with E-state index in [0.717, 1.165) is 26.1 Å². The van der Waals surface area contributed by atoms with Crippen LogP contribution in [0.2, 0.25) is 0 Å². The average Bonchev–Trinajstić information content (AvgIpc) is 2.47. The van der Waals surface area contributed by atoms with Crippen molar-refractivity contribution in [2.45, 2.75) is 58.8 Å². The number of rotatable bonds is 6. The molecule has 1 heterocycles. The molecule has 1 fully saturated rings. The summed E-state index contributed by atoms with van der Waals surface area (Å²) >= 11 is 0. The van der Waals surface area contributed by atoms with Crippen molar-refractivity contribution < 1.29 is 4.74 Å². The summed E-state index contributed by atoms with van der Waals surface area (Å²) in [5, 5.41) is 3.68. The van der Waals surface area contributed by atoms with Gasteiger partial charge in [-0.3, -0.25) is 0 Å². The Morgan fingerprint density at radius 1 is 1.19 bits per heavy atom. The summed E-state index contributed by atoms with van der Waals surface area (Å²) in [6.45, 7) is 11.8. The molecule has 3 unspecified atom stereocenters. The van der Waals surface area contributed by atoms with E-state index >= 15 is 0 Å². The normalized spacial score (nSPS) is 24.1. The van der Waals surface area contributed by atoms with Crippen LogP contribution in [-0.4, -0.2) is 31.8 Å². The number of nitrogens with one attached hydrogen (secondary N) is 1. The minimum atomic E-state index is 0.297. The molecule has 0 radical (unpaired) electrons. The summed E-state index contributed by atoms with van der Waals surface area (Å²) in [5.74, 6) is 0. The lowest BCUT2D eigenvalue weighted by atomic mass is 10.0. The van der Waals surface area contributed by atoms with Gasteiger partial charge in [0.05, 0.1) is 12.2 Å². The molecule has 1 N–H and O–H groups in total. The summed E-state index contributed by atoms with van der Waals surface area (Å²) in [5.41, 5.74) is 2.80. The number of hydrogen-bond acceptors (Lipinski definition) is 3. The molecule has 118 valence electrons. The predicted octanol–water partition coefficient (Wildman–Crippen LogP) is 3.75. The van der Waals surface area contributed by atoms with Crippen molar-refractivity contribution in [3.63, 3.8) is 0 Å². The number of para-hydroxylation sites is 1. The van der Waals surface area contributed by atoms with E-state index in [2.05, 4.69) is 62.2 Å². The fourth-order valence-corrected chi connectivity index (χ4v) is 3.24. The second-order valence-corrected chi connectivity index (χ2v) is 6.14. The van der Waals surface area contributed by atoms with E-state index in [1.165, 1.54) is 17.7 Å². The van der Waals surface area contributed by atoms with Gasteiger partial charge in [0.15, 0.2) is 0 Å². The molecule has 0 bridgehead atoms. The van der Waals surface area contributed by atoms with Crippen LogP contribution in [0.1, 0.15) is 52.1 Å². The summed E-state index contributed by atoms with van der Waals surface area (Å²) in [6.07, 6.45) is 2.88. The Balaban J connectivity index is 2.22. The highest BCUT2D eigenvalue weighted by atomic mass is 16.5. The zero-order valence-electron chi connectivity index (χ0n) is 13.9. The van der Waals surface area contributed by atoms with Crippen LogP contribution in [0.25, 0.3) is 0 Å². The summed E-state index contributed by atoms with van der Waals surface area (Å²) in [6, 6.07) is 9.28. The lowest BCUT2D eigenvalue weighted by Gasteiger charge is -2.38. The molecule has 0 aliphatic carbocycles. The van der Waals surface area contributed by atoms with E-state index in [1.54, 1.807) is 0 Å². The van der Waals surface area contributed by atoms with Crippen LogP contribution in [0.4, 0.5) is 5.69 Å². The van der Waals surface area contributed by atoms with Crippen LogP contribution in [-0.2, 0) is 4.74 Å². The van der Waals surface area contributed by atoms with E-state index in [0.29, 0.717) is 18.2 Å². The molecule has 0 amide bonds. The van der Waals surface area contributed by atoms with Crippen molar-refractivity contribution in [3.05, 3.63) is 29.8 Å². The molecular formula is C18H30N2O. The quantitative estimate of drug-likeness (QED) is 0.863. The molecule has 2 rings (SSSR count). The van der Waals surface area contributed by atoms with Crippen LogP contribution >= 0.6 is 0 Å². The van der Waals surface area contributed by atoms with Crippen molar-refractivity contribution in [1.29, 1.82) is 0 Å². The van der Waals surface area contributed by atoms with E-state index in [-0.39, 0.29) is 0 Å². The topological polar surface area (TPSA) is 24.5 Å². The molecule has 1 aromatic rings. The number of nitrogens with zero attached hydrogens (tertiary/aromatic N) is 1. The average molecular weight is 290 g/mol. The largest absolute Gasteiger partial charge is 0.372 e. The van der Waals surface area contributed by atoms with E-state index in [4.69, 9.17) is 4.74 Å². The third-order valence-corrected chi connectivity index (χ3v) is 4.12. The minimum absolute atomic E-state index is 0.297. The Bertz CT molecular complexity index is 425. The second-order valence-electron chi connectivity index (χ2n) is 6.14. The van der Waals surface area contributed by atoms with Gasteiger partial charge in [0.2, 0.25) is 0 Å². The molecule has 1 aliphatic heterocycles. The number of ether oxygens (including phenoxy) is 1. The molecule has 21 heavy (non-hydrogen) atoms. The van der Waals surface area contributed by atoms with Crippen LogP contribution in [0.15, 0.2) is 24.3 Å². The summed E-state index contributed by atoms with van der Waals surface area (Å²) < 4.78 is 5.87. The van der Waals surface area contributed by atoms with Crippen molar-refractivity contribution >= 4 is 5.69 Å². The molecule has 0 spiro atoms. The van der Waals surface area contributed by atoms with Gasteiger partial charge in [0.25, 0.3) is 0 Å². The maximum absolute atomic E-state index is 5.87. The predicted molar refractivity (Wildman–Crippen MR) is 90.0 cm³/mol. The van der Waals surface area contributed by atoms with Crippen molar-refractivity contribution in [2.24, 2.45) is 0 Å². The molecule has 1 aromatic carbocycles. The van der Waals surface area contributed by atoms with E-state index < -0.39 is 0 Å². The Hall–Kier alpha value is -1.06. The molecule has 0 saturated carbocycles. The first-order valence-electron chi connectivity index (χ1n) is 8.38. The maximum atomic E-state index is 5.87. The molecule has 3 heteroatoms. The highest BCUT2D eigenvalue weighted by molar-refractivity contribution is 5.55. The zero-order valence-corrected chi connectivity index (χ0v) is 13.9. The van der Waals surface area contributed by atoms with Gasteiger partial charge in [-0.05, 0) is 44.9 Å². The van der Waals surface area contributed by atoms with Gasteiger partial charge in [-0.15, -0.1) is 0 Å². The van der Waals surface area contributed by atoms with E-state index in [1.807, 2.05) is 0 Å². The molecule has 1 aliphatic rings. The lowest BCUT2D eigenvalue weighted by molar-refractivity contribution is -0.00528. The van der Waals surface area contributed by atoms with Crippen LogP contribution in [0.3, 0.4) is 0 Å². The molecule has 0 aromatic heterocycles. The molecule has 1 saturated heterocycles. The standard InChI is InChI=1S/C18H30N2O/c1-5-11-19-17(6-2)16-9-7-8-10-18(16)20-12-14(3)21-15(4)13-20/h7-10,14-15,17,19H,5-6,11-13H2,1-4H3. The Morgan fingerprint density at radius 3 is 2.48 bits per heavy atom. The first kappa shape index (κ1) is 16.3.